The van der Waals surface area contributed by atoms with Gasteiger partial charge in [0.25, 0.3) is 0 Å². The molecule has 6 heteroatoms. The molecule has 1 aliphatic heterocycles. The summed E-state index contributed by atoms with van der Waals surface area (Å²) in [6.45, 7) is 9.00. The predicted molar refractivity (Wildman–Crippen MR) is 82.4 cm³/mol. The van der Waals surface area contributed by atoms with Gasteiger partial charge in [0.1, 0.15) is 22.8 Å². The molecule has 0 amide bonds. The molecule has 1 saturated heterocycles. The number of piperazine rings is 1. The van der Waals surface area contributed by atoms with E-state index in [-0.39, 0.29) is 0 Å². The molecule has 1 unspecified atom stereocenters. The minimum Gasteiger partial charge on any atom is -0.492 e. The summed E-state index contributed by atoms with van der Waals surface area (Å²) in [6.07, 6.45) is 0. The highest BCUT2D eigenvalue weighted by molar-refractivity contribution is 7.82. The summed E-state index contributed by atoms with van der Waals surface area (Å²) in [6, 6.07) is 7.30. The van der Waals surface area contributed by atoms with Crippen molar-refractivity contribution in [3.05, 3.63) is 23.8 Å². The van der Waals surface area contributed by atoms with Gasteiger partial charge in [-0.1, -0.05) is 6.92 Å². The molecule has 0 saturated carbocycles. The van der Waals surface area contributed by atoms with E-state index >= 15 is 0 Å². The van der Waals surface area contributed by atoms with E-state index in [1.54, 1.807) is 18.2 Å². The van der Waals surface area contributed by atoms with E-state index in [1.165, 1.54) is 0 Å². The minimum atomic E-state index is -1.21. The third-order valence-electron chi connectivity index (χ3n) is 3.59. The van der Waals surface area contributed by atoms with E-state index in [1.807, 2.05) is 11.2 Å². The van der Waals surface area contributed by atoms with Gasteiger partial charge in [-0.3, -0.25) is 0 Å². The smallest absolute Gasteiger partial charge is 0.137 e. The molecule has 1 aliphatic rings. The SMILES string of the molecule is CCOc1ccc(S(=O)N2CCN(CC)CC2)cc1C#N. The molecule has 21 heavy (non-hydrogen) atoms. The van der Waals surface area contributed by atoms with Gasteiger partial charge in [0, 0.05) is 26.2 Å². The predicted octanol–water partition coefficient (Wildman–Crippen LogP) is 1.62. The number of likely N-dealkylation sites (N-methyl/N-ethyl adjacent to an activating group) is 1. The van der Waals surface area contributed by atoms with Gasteiger partial charge >= 0.3 is 0 Å². The fourth-order valence-corrected chi connectivity index (χ4v) is 3.54. The lowest BCUT2D eigenvalue weighted by atomic mass is 10.2. The lowest BCUT2D eigenvalue weighted by Gasteiger charge is -2.32. The topological polar surface area (TPSA) is 56.6 Å². The van der Waals surface area contributed by atoms with Gasteiger partial charge in [-0.05, 0) is 31.7 Å². The Morgan fingerprint density at radius 2 is 2.00 bits per heavy atom. The molecule has 0 bridgehead atoms. The Morgan fingerprint density at radius 3 is 2.57 bits per heavy atom. The van der Waals surface area contributed by atoms with Gasteiger partial charge in [-0.15, -0.1) is 0 Å². The second-order valence-corrected chi connectivity index (χ2v) is 6.30. The zero-order chi connectivity index (χ0) is 15.2. The number of hydrogen-bond donors (Lipinski definition) is 0. The standard InChI is InChI=1S/C15H21N3O2S/c1-3-17-7-9-18(10-8-17)21(19)14-5-6-15(20-4-2)13(11-14)12-16/h5-6,11H,3-4,7-10H2,1-2H3. The molecule has 1 heterocycles. The maximum atomic E-state index is 12.6. The van der Waals surface area contributed by atoms with E-state index < -0.39 is 11.0 Å². The van der Waals surface area contributed by atoms with Crippen molar-refractivity contribution < 1.29 is 8.95 Å². The molecule has 0 N–H and O–H groups in total. The van der Waals surface area contributed by atoms with E-state index in [4.69, 9.17) is 4.74 Å². The quantitative estimate of drug-likeness (QED) is 0.829. The Kier molecular flexibility index (Phi) is 5.74. The number of rotatable bonds is 5. The molecule has 1 aromatic carbocycles. The molecule has 1 fully saturated rings. The van der Waals surface area contributed by atoms with Crippen molar-refractivity contribution in [2.45, 2.75) is 18.7 Å². The van der Waals surface area contributed by atoms with E-state index in [0.717, 1.165) is 32.7 Å². The lowest BCUT2D eigenvalue weighted by Crippen LogP contribution is -2.46. The first-order valence-electron chi connectivity index (χ1n) is 7.25. The van der Waals surface area contributed by atoms with Crippen molar-refractivity contribution in [2.24, 2.45) is 0 Å². The molecule has 1 atom stereocenters. The molecule has 0 spiro atoms. The van der Waals surface area contributed by atoms with Crippen LogP contribution in [0.4, 0.5) is 0 Å². The molecular weight excluding hydrogens is 286 g/mol. The van der Waals surface area contributed by atoms with Crippen molar-refractivity contribution in [3.8, 4) is 11.8 Å². The monoisotopic (exact) mass is 307 g/mol. The summed E-state index contributed by atoms with van der Waals surface area (Å²) in [7, 11) is -1.21. The molecule has 0 radical (unpaired) electrons. The highest BCUT2D eigenvalue weighted by atomic mass is 32.2. The third-order valence-corrected chi connectivity index (χ3v) is 5.08. The summed E-state index contributed by atoms with van der Waals surface area (Å²) >= 11 is 0. The first-order chi connectivity index (χ1) is 10.2. The summed E-state index contributed by atoms with van der Waals surface area (Å²) < 4.78 is 20.0. The lowest BCUT2D eigenvalue weighted by molar-refractivity contribution is 0.201. The van der Waals surface area contributed by atoms with E-state index in [9.17, 15) is 9.47 Å². The molecule has 2 rings (SSSR count). The van der Waals surface area contributed by atoms with Crippen molar-refractivity contribution in [2.75, 3.05) is 39.3 Å². The summed E-state index contributed by atoms with van der Waals surface area (Å²) in [4.78, 5) is 3.01. The van der Waals surface area contributed by atoms with Crippen LogP contribution in [0.15, 0.2) is 23.1 Å². The van der Waals surface area contributed by atoms with Crippen molar-refractivity contribution in [3.63, 3.8) is 0 Å². The summed E-state index contributed by atoms with van der Waals surface area (Å²) in [5.41, 5.74) is 0.440. The minimum absolute atomic E-state index is 0.440. The van der Waals surface area contributed by atoms with Crippen LogP contribution >= 0.6 is 0 Å². The van der Waals surface area contributed by atoms with Crippen LogP contribution in [0.3, 0.4) is 0 Å². The number of benzene rings is 1. The number of hydrogen-bond acceptors (Lipinski definition) is 4. The number of nitriles is 1. The molecule has 5 nitrogen and oxygen atoms in total. The molecule has 114 valence electrons. The van der Waals surface area contributed by atoms with Crippen LogP contribution in [0.2, 0.25) is 0 Å². The maximum Gasteiger partial charge on any atom is 0.137 e. The van der Waals surface area contributed by atoms with Crippen LogP contribution in [0.1, 0.15) is 19.4 Å². The Morgan fingerprint density at radius 1 is 1.29 bits per heavy atom. The van der Waals surface area contributed by atoms with Gasteiger partial charge in [0.15, 0.2) is 0 Å². The zero-order valence-electron chi connectivity index (χ0n) is 12.5. The van der Waals surface area contributed by atoms with Gasteiger partial charge in [0.2, 0.25) is 0 Å². The van der Waals surface area contributed by atoms with Crippen LogP contribution in [0.5, 0.6) is 5.75 Å². The van der Waals surface area contributed by atoms with Crippen LogP contribution in [0.25, 0.3) is 0 Å². The fraction of sp³-hybridized carbons (Fsp3) is 0.533. The van der Waals surface area contributed by atoms with Gasteiger partial charge in [-0.25, -0.2) is 8.51 Å². The fourth-order valence-electron chi connectivity index (χ4n) is 2.35. The maximum absolute atomic E-state index is 12.6. The van der Waals surface area contributed by atoms with Crippen molar-refractivity contribution in [1.29, 1.82) is 5.26 Å². The van der Waals surface area contributed by atoms with Crippen molar-refractivity contribution in [1.82, 2.24) is 9.21 Å². The zero-order valence-corrected chi connectivity index (χ0v) is 13.4. The summed E-state index contributed by atoms with van der Waals surface area (Å²) in [5, 5.41) is 9.18. The van der Waals surface area contributed by atoms with Crippen LogP contribution < -0.4 is 4.74 Å². The van der Waals surface area contributed by atoms with Gasteiger partial charge in [0.05, 0.1) is 17.1 Å². The first-order valence-corrected chi connectivity index (χ1v) is 8.36. The van der Waals surface area contributed by atoms with Gasteiger partial charge < -0.3 is 9.64 Å². The normalized spacial score (nSPS) is 18.1. The average Bonchev–Trinajstić information content (AvgIpc) is 2.55. The molecule has 0 aliphatic carbocycles. The second-order valence-electron chi connectivity index (χ2n) is 4.82. The Balaban J connectivity index is 2.11. The van der Waals surface area contributed by atoms with Crippen molar-refractivity contribution >= 4 is 11.0 Å². The van der Waals surface area contributed by atoms with Crippen LogP contribution in [-0.2, 0) is 11.0 Å². The largest absolute Gasteiger partial charge is 0.492 e. The Bertz CT molecular complexity index is 548. The number of nitrogens with zero attached hydrogens (tertiary/aromatic N) is 3. The van der Waals surface area contributed by atoms with Crippen LogP contribution in [0, 0.1) is 11.3 Å². The molecule has 0 aromatic heterocycles. The van der Waals surface area contributed by atoms with E-state index in [2.05, 4.69) is 17.9 Å². The second kappa shape index (κ2) is 7.55. The highest BCUT2D eigenvalue weighted by Gasteiger charge is 2.22. The third kappa shape index (κ3) is 3.82. The summed E-state index contributed by atoms with van der Waals surface area (Å²) in [5.74, 6) is 0.552. The Hall–Kier alpha value is -1.42. The highest BCUT2D eigenvalue weighted by Crippen LogP contribution is 2.22. The Labute approximate surface area is 128 Å². The van der Waals surface area contributed by atoms with Crippen LogP contribution in [-0.4, -0.2) is 52.7 Å². The van der Waals surface area contributed by atoms with E-state index in [0.29, 0.717) is 22.8 Å². The van der Waals surface area contributed by atoms with Gasteiger partial charge in [-0.2, -0.15) is 5.26 Å². The number of ether oxygens (including phenoxy) is 1. The molecular formula is C15H21N3O2S. The average molecular weight is 307 g/mol. The molecule has 1 aromatic rings. The first kappa shape index (κ1) is 16.0.